The zero-order chi connectivity index (χ0) is 9.42. The molecule has 0 radical (unpaired) electrons. The van der Waals surface area contributed by atoms with Crippen LogP contribution >= 0.6 is 23.4 Å². The fourth-order valence-corrected chi connectivity index (χ4v) is 2.86. The molecule has 1 aromatic rings. The molecular formula is C9H9ClFNS. The van der Waals surface area contributed by atoms with Crippen molar-refractivity contribution in [2.24, 2.45) is 5.73 Å². The summed E-state index contributed by atoms with van der Waals surface area (Å²) in [6.07, 6.45) is 0. The van der Waals surface area contributed by atoms with Gasteiger partial charge in [0, 0.05) is 17.5 Å². The lowest BCUT2D eigenvalue weighted by Crippen LogP contribution is -2.19. The molecule has 13 heavy (non-hydrogen) atoms. The minimum Gasteiger partial charge on any atom is -0.323 e. The van der Waals surface area contributed by atoms with Crippen molar-refractivity contribution in [2.75, 3.05) is 5.75 Å². The average molecular weight is 218 g/mol. The van der Waals surface area contributed by atoms with E-state index in [1.54, 1.807) is 17.8 Å². The standard InChI is InChI=1S/C9H9ClFNS/c10-9-6-3-13-4-8(12)5(6)1-2-7(9)11/h1-2,8H,3-4,12H2/t8-/m1/s1. The van der Waals surface area contributed by atoms with Gasteiger partial charge in [0.15, 0.2) is 0 Å². The largest absolute Gasteiger partial charge is 0.323 e. The molecule has 0 bridgehead atoms. The van der Waals surface area contributed by atoms with E-state index in [4.69, 9.17) is 17.3 Å². The van der Waals surface area contributed by atoms with Gasteiger partial charge in [-0.15, -0.1) is 0 Å². The van der Waals surface area contributed by atoms with Crippen LogP contribution in [0.5, 0.6) is 0 Å². The molecule has 0 amide bonds. The predicted molar refractivity (Wildman–Crippen MR) is 54.5 cm³/mol. The second-order valence-corrected chi connectivity index (χ2v) is 4.46. The van der Waals surface area contributed by atoms with E-state index in [0.29, 0.717) is 0 Å². The highest BCUT2D eigenvalue weighted by atomic mass is 35.5. The lowest BCUT2D eigenvalue weighted by atomic mass is 10.0. The van der Waals surface area contributed by atoms with Crippen molar-refractivity contribution < 1.29 is 4.39 Å². The van der Waals surface area contributed by atoms with Crippen molar-refractivity contribution in [3.63, 3.8) is 0 Å². The van der Waals surface area contributed by atoms with E-state index in [9.17, 15) is 4.39 Å². The van der Waals surface area contributed by atoms with Crippen LogP contribution in [0.4, 0.5) is 4.39 Å². The van der Waals surface area contributed by atoms with Crippen molar-refractivity contribution >= 4 is 23.4 Å². The summed E-state index contributed by atoms with van der Waals surface area (Å²) >= 11 is 7.53. The highest BCUT2D eigenvalue weighted by Gasteiger charge is 2.20. The van der Waals surface area contributed by atoms with Gasteiger partial charge in [0.2, 0.25) is 0 Å². The summed E-state index contributed by atoms with van der Waals surface area (Å²) in [6, 6.07) is 3.12. The molecule has 4 heteroatoms. The maximum absolute atomic E-state index is 13.1. The zero-order valence-corrected chi connectivity index (χ0v) is 8.46. The molecule has 1 nitrogen and oxygen atoms in total. The normalized spacial score (nSPS) is 21.3. The maximum atomic E-state index is 13.1. The Balaban J connectivity index is 2.56. The molecule has 1 aromatic carbocycles. The van der Waals surface area contributed by atoms with Gasteiger partial charge >= 0.3 is 0 Å². The van der Waals surface area contributed by atoms with Crippen LogP contribution in [0.15, 0.2) is 12.1 Å². The Labute approximate surface area is 85.5 Å². The molecule has 0 saturated heterocycles. The first kappa shape index (κ1) is 9.31. The van der Waals surface area contributed by atoms with Gasteiger partial charge in [-0.25, -0.2) is 4.39 Å². The van der Waals surface area contributed by atoms with Crippen LogP contribution in [-0.4, -0.2) is 5.75 Å². The molecule has 0 aromatic heterocycles. The summed E-state index contributed by atoms with van der Waals surface area (Å²) in [5.41, 5.74) is 7.72. The Hall–Kier alpha value is -0.250. The Morgan fingerprint density at radius 2 is 2.31 bits per heavy atom. The number of hydrogen-bond acceptors (Lipinski definition) is 2. The highest BCUT2D eigenvalue weighted by molar-refractivity contribution is 7.98. The lowest BCUT2D eigenvalue weighted by molar-refractivity contribution is 0.624. The number of halogens is 2. The van der Waals surface area contributed by atoms with Crippen LogP contribution in [0.3, 0.4) is 0 Å². The average Bonchev–Trinajstić information content (AvgIpc) is 2.12. The molecule has 2 rings (SSSR count). The SMILES string of the molecule is N[C@@H]1CSCc2c1ccc(F)c2Cl. The van der Waals surface area contributed by atoms with Crippen molar-refractivity contribution in [2.45, 2.75) is 11.8 Å². The summed E-state index contributed by atoms with van der Waals surface area (Å²) < 4.78 is 13.1. The van der Waals surface area contributed by atoms with Crippen molar-refractivity contribution in [3.05, 3.63) is 34.1 Å². The Bertz CT molecular complexity index is 343. The number of hydrogen-bond donors (Lipinski definition) is 1. The molecule has 0 spiro atoms. The van der Waals surface area contributed by atoms with Crippen LogP contribution in [0.1, 0.15) is 17.2 Å². The van der Waals surface area contributed by atoms with Gasteiger partial charge in [-0.05, 0) is 17.2 Å². The summed E-state index contributed by atoms with van der Waals surface area (Å²) in [4.78, 5) is 0. The van der Waals surface area contributed by atoms with E-state index in [0.717, 1.165) is 22.6 Å². The van der Waals surface area contributed by atoms with Gasteiger partial charge in [-0.1, -0.05) is 17.7 Å². The smallest absolute Gasteiger partial charge is 0.142 e. The van der Waals surface area contributed by atoms with Gasteiger partial charge in [-0.2, -0.15) is 11.8 Å². The summed E-state index contributed by atoms with van der Waals surface area (Å²) in [5.74, 6) is 1.30. The molecule has 1 aliphatic heterocycles. The number of fused-ring (bicyclic) bond motifs is 1. The predicted octanol–water partition coefficient (Wildman–Crippen LogP) is 2.73. The van der Waals surface area contributed by atoms with Crippen LogP contribution in [0.2, 0.25) is 5.02 Å². The molecule has 0 aliphatic carbocycles. The summed E-state index contributed by atoms with van der Waals surface area (Å²) in [6.45, 7) is 0. The van der Waals surface area contributed by atoms with Crippen molar-refractivity contribution in [1.82, 2.24) is 0 Å². The highest BCUT2D eigenvalue weighted by Crippen LogP contribution is 2.35. The fourth-order valence-electron chi connectivity index (χ4n) is 1.48. The van der Waals surface area contributed by atoms with E-state index < -0.39 is 0 Å². The Morgan fingerprint density at radius 1 is 1.54 bits per heavy atom. The first-order chi connectivity index (χ1) is 6.20. The van der Waals surface area contributed by atoms with Crippen LogP contribution in [-0.2, 0) is 5.75 Å². The molecular weight excluding hydrogens is 209 g/mol. The number of nitrogens with two attached hydrogens (primary N) is 1. The fraction of sp³-hybridized carbons (Fsp3) is 0.333. The van der Waals surface area contributed by atoms with Crippen molar-refractivity contribution in [3.8, 4) is 0 Å². The quantitative estimate of drug-likeness (QED) is 0.723. The molecule has 2 N–H and O–H groups in total. The molecule has 1 heterocycles. The van der Waals surface area contributed by atoms with E-state index in [1.807, 2.05) is 0 Å². The van der Waals surface area contributed by atoms with Gasteiger partial charge in [0.05, 0.1) is 5.02 Å². The van der Waals surface area contributed by atoms with E-state index in [1.165, 1.54) is 6.07 Å². The third-order valence-electron chi connectivity index (χ3n) is 2.18. The monoisotopic (exact) mass is 217 g/mol. The number of rotatable bonds is 0. The molecule has 70 valence electrons. The van der Waals surface area contributed by atoms with Crippen LogP contribution in [0.25, 0.3) is 0 Å². The topological polar surface area (TPSA) is 26.0 Å². The first-order valence-electron chi connectivity index (χ1n) is 4.00. The second kappa shape index (κ2) is 3.48. The van der Waals surface area contributed by atoms with E-state index in [-0.39, 0.29) is 16.9 Å². The molecule has 1 atom stereocenters. The number of thioether (sulfide) groups is 1. The molecule has 0 saturated carbocycles. The van der Waals surface area contributed by atoms with Gasteiger partial charge < -0.3 is 5.73 Å². The summed E-state index contributed by atoms with van der Waals surface area (Å²) in [5, 5.41) is 0.236. The lowest BCUT2D eigenvalue weighted by Gasteiger charge is -2.22. The van der Waals surface area contributed by atoms with Gasteiger partial charge in [0.1, 0.15) is 5.82 Å². The number of benzene rings is 1. The van der Waals surface area contributed by atoms with Gasteiger partial charge in [-0.3, -0.25) is 0 Å². The van der Waals surface area contributed by atoms with Crippen molar-refractivity contribution in [1.29, 1.82) is 0 Å². The minimum absolute atomic E-state index is 0.00755. The minimum atomic E-state index is -0.352. The third kappa shape index (κ3) is 1.56. The summed E-state index contributed by atoms with van der Waals surface area (Å²) in [7, 11) is 0. The zero-order valence-electron chi connectivity index (χ0n) is 6.89. The van der Waals surface area contributed by atoms with E-state index in [2.05, 4.69) is 0 Å². The first-order valence-corrected chi connectivity index (χ1v) is 5.53. The Kier molecular flexibility index (Phi) is 2.49. The van der Waals surface area contributed by atoms with Crippen LogP contribution in [0, 0.1) is 5.82 Å². The van der Waals surface area contributed by atoms with Gasteiger partial charge in [0.25, 0.3) is 0 Å². The maximum Gasteiger partial charge on any atom is 0.142 e. The second-order valence-electron chi connectivity index (χ2n) is 3.05. The Morgan fingerprint density at radius 3 is 3.08 bits per heavy atom. The third-order valence-corrected chi connectivity index (χ3v) is 3.67. The molecule has 0 unspecified atom stereocenters. The van der Waals surface area contributed by atoms with E-state index >= 15 is 0 Å². The molecule has 1 aliphatic rings. The van der Waals surface area contributed by atoms with Crippen LogP contribution < -0.4 is 5.73 Å². The molecule has 0 fully saturated rings.